The zero-order chi connectivity index (χ0) is 49.8. The van der Waals surface area contributed by atoms with Crippen molar-refractivity contribution in [2.45, 2.75) is 78.6 Å². The van der Waals surface area contributed by atoms with E-state index in [1.165, 1.54) is 21.9 Å². The second-order valence-electron chi connectivity index (χ2n) is 22.1. The van der Waals surface area contributed by atoms with Gasteiger partial charge in [-0.05, 0) is 124 Å². The van der Waals surface area contributed by atoms with Crippen molar-refractivity contribution in [1.82, 2.24) is 14.1 Å². The molecule has 0 bridgehead atoms. The van der Waals surface area contributed by atoms with Gasteiger partial charge < -0.3 is 18.8 Å². The van der Waals surface area contributed by atoms with Crippen LogP contribution in [-0.4, -0.2) is 14.1 Å². The van der Waals surface area contributed by atoms with Crippen molar-refractivity contribution in [2.24, 2.45) is 0 Å². The summed E-state index contributed by atoms with van der Waals surface area (Å²) in [6, 6.07) is 66.3. The number of fused-ring (bicyclic) bond motifs is 10. The van der Waals surface area contributed by atoms with Crippen LogP contribution in [0, 0.1) is 18.8 Å². The number of nitrogens with zero attached hydrogens (tertiary/aromatic N) is 4. The van der Waals surface area contributed by atoms with Gasteiger partial charge in [0.2, 0.25) is 0 Å². The number of hydrogen-bond acceptors (Lipinski definition) is 3. The largest absolute Gasteiger partial charge is 0.509 e. The Bertz CT molecular complexity index is 4090. The summed E-state index contributed by atoms with van der Waals surface area (Å²) in [5.74, 6) is 2.00. The molecule has 3 aromatic heterocycles. The number of benzene rings is 8. The van der Waals surface area contributed by atoms with Gasteiger partial charge in [-0.2, -0.15) is 12.1 Å². The van der Waals surface area contributed by atoms with Gasteiger partial charge in [0.25, 0.3) is 0 Å². The summed E-state index contributed by atoms with van der Waals surface area (Å²) in [4.78, 5) is 7.17. The topological polar surface area (TPSA) is 35.2 Å². The maximum atomic E-state index is 9.10. The van der Waals surface area contributed by atoms with Gasteiger partial charge in [-0.1, -0.05) is 189 Å². The van der Waals surface area contributed by atoms with Crippen molar-refractivity contribution < 1.29 is 27.2 Å². The van der Waals surface area contributed by atoms with Crippen LogP contribution in [0.15, 0.2) is 176 Å². The van der Waals surface area contributed by atoms with Crippen molar-refractivity contribution in [3.63, 3.8) is 0 Å². The Hall–Kier alpha value is -7.33. The Kier molecular flexibility index (Phi) is 11.1. The van der Waals surface area contributed by atoms with E-state index in [-0.39, 0.29) is 37.3 Å². The first-order valence-electron chi connectivity index (χ1n) is 25.2. The second kappa shape index (κ2) is 17.5. The molecule has 6 heteroatoms. The van der Waals surface area contributed by atoms with Crippen LogP contribution in [-0.2, 0) is 37.3 Å². The first-order chi connectivity index (χ1) is 34.5. The molecule has 0 radical (unpaired) electrons. The fraction of sp³-hybridized carbons (Fsp3) is 0.182. The first kappa shape index (κ1) is 45.8. The minimum atomic E-state index is -0.175. The third-order valence-electron chi connectivity index (χ3n) is 14.3. The van der Waals surface area contributed by atoms with E-state index in [0.29, 0.717) is 17.5 Å². The molecule has 360 valence electrons. The summed E-state index contributed by atoms with van der Waals surface area (Å²) >= 11 is 0. The average molecular weight is 1120 g/mol. The van der Waals surface area contributed by atoms with Crippen LogP contribution in [0.2, 0.25) is 0 Å². The fourth-order valence-electron chi connectivity index (χ4n) is 10.4. The molecule has 0 N–H and O–H groups in total. The summed E-state index contributed by atoms with van der Waals surface area (Å²) in [6.07, 6.45) is 1.90. The molecule has 0 atom stereocenters. The van der Waals surface area contributed by atoms with E-state index in [2.05, 4.69) is 229 Å². The van der Waals surface area contributed by atoms with Gasteiger partial charge in [0.15, 0.2) is 0 Å². The van der Waals surface area contributed by atoms with Gasteiger partial charge in [-0.15, -0.1) is 35.7 Å². The zero-order valence-electron chi connectivity index (χ0n) is 43.3. The first-order valence-corrected chi connectivity index (χ1v) is 24.7. The molecular formula is C66H57N4OPt-3. The minimum Gasteiger partial charge on any atom is -0.509 e. The van der Waals surface area contributed by atoms with E-state index in [1.54, 1.807) is 0 Å². The molecule has 4 heterocycles. The summed E-state index contributed by atoms with van der Waals surface area (Å²) in [5, 5.41) is 9.10. The molecular weight excluding hydrogens is 1060 g/mol. The molecule has 1 aliphatic heterocycles. The second-order valence-corrected chi connectivity index (χ2v) is 22.1. The Balaban J connectivity index is 0.00000574. The van der Waals surface area contributed by atoms with Crippen molar-refractivity contribution in [2.75, 3.05) is 4.90 Å². The summed E-state index contributed by atoms with van der Waals surface area (Å²) in [7, 11) is 0. The Morgan fingerprint density at radius 3 is 1.83 bits per heavy atom. The number of ether oxygens (including phenoxy) is 1. The predicted octanol–water partition coefficient (Wildman–Crippen LogP) is 17.8. The Labute approximate surface area is 438 Å². The molecule has 0 amide bonds. The molecule has 0 spiro atoms. The molecule has 0 aliphatic carbocycles. The molecule has 0 saturated carbocycles. The fourth-order valence-corrected chi connectivity index (χ4v) is 10.4. The normalized spacial score (nSPS) is 13.0. The summed E-state index contributed by atoms with van der Waals surface area (Å²) in [5.41, 5.74) is 11.2. The monoisotopic (exact) mass is 1120 g/mol. The van der Waals surface area contributed by atoms with Crippen LogP contribution in [0.3, 0.4) is 0 Å². The smallest absolute Gasteiger partial charge is 0.135 e. The van der Waals surface area contributed by atoms with Gasteiger partial charge in [0, 0.05) is 50.0 Å². The van der Waals surface area contributed by atoms with Crippen LogP contribution < -0.4 is 9.64 Å². The van der Waals surface area contributed by atoms with Crippen LogP contribution in [0.25, 0.3) is 82.1 Å². The Morgan fingerprint density at radius 2 is 1.12 bits per heavy atom. The SMILES string of the molecule is [2H]c1cc(-c2cccc3c4ccccc4c4ccccc4c4cc(C(C)(C)C)cc5c4n(c23)[CH-]N5c2[c-]c(Oc3[c-]c4c(cc3)c3ccccc3n4-c3cc(C(C)(C)C)ccn3)ccc2)cc(C(C)(C)C)c1.[Pt]. The summed E-state index contributed by atoms with van der Waals surface area (Å²) < 4.78 is 20.5. The molecule has 72 heavy (non-hydrogen) atoms. The molecule has 5 nitrogen and oxygen atoms in total. The molecule has 12 rings (SSSR count). The maximum Gasteiger partial charge on any atom is 0.135 e. The van der Waals surface area contributed by atoms with Crippen molar-refractivity contribution >= 4 is 76.5 Å². The minimum absolute atomic E-state index is 0. The molecule has 0 fully saturated rings. The van der Waals surface area contributed by atoms with E-state index in [0.717, 1.165) is 88.3 Å². The van der Waals surface area contributed by atoms with E-state index in [1.807, 2.05) is 36.5 Å². The van der Waals surface area contributed by atoms with Gasteiger partial charge in [0.1, 0.15) is 5.82 Å². The molecule has 8 aromatic carbocycles. The molecule has 0 saturated heterocycles. The van der Waals surface area contributed by atoms with Crippen molar-refractivity contribution in [1.29, 1.82) is 0 Å². The van der Waals surface area contributed by atoms with Gasteiger partial charge >= 0.3 is 0 Å². The Morgan fingerprint density at radius 1 is 0.514 bits per heavy atom. The van der Waals surface area contributed by atoms with E-state index in [4.69, 9.17) is 11.1 Å². The van der Waals surface area contributed by atoms with Crippen molar-refractivity contribution in [3.8, 4) is 28.4 Å². The number of rotatable bonds is 5. The zero-order valence-corrected chi connectivity index (χ0v) is 44.5. The number of hydrogen-bond donors (Lipinski definition) is 0. The maximum absolute atomic E-state index is 9.10. The molecule has 1 aliphatic rings. The number of aromatic nitrogens is 3. The number of anilines is 2. The number of pyridine rings is 1. The third kappa shape index (κ3) is 7.99. The van der Waals surface area contributed by atoms with Gasteiger partial charge in [-0.25, -0.2) is 4.98 Å². The van der Waals surface area contributed by atoms with Crippen LogP contribution in [0.5, 0.6) is 11.5 Å². The van der Waals surface area contributed by atoms with Crippen LogP contribution in [0.4, 0.5) is 11.4 Å². The van der Waals surface area contributed by atoms with Gasteiger partial charge in [-0.3, -0.25) is 0 Å². The quantitative estimate of drug-likeness (QED) is 0.161. The molecule has 0 unspecified atom stereocenters. The van der Waals surface area contributed by atoms with Crippen molar-refractivity contribution in [3.05, 3.63) is 212 Å². The summed E-state index contributed by atoms with van der Waals surface area (Å²) in [6.45, 7) is 22.4. The standard InChI is InChI=1S/C66H57N4O.Pt/c1-64(2,3)43-20-16-19-42(35-43)49-28-18-29-56-52-25-12-10-23-50(52)51-24-11-13-26-53(51)57-36-45(66(7,8)9)37-60-63(57)69(62(49)56)41-68(60)46-21-17-22-47(39-46)71-48-31-32-55-54-27-14-15-30-58(54)70(59(55)40-48)61-38-44(33-34-67-61)65(4,5)6;/h10-38,41H,1-9H3;/q-3;/i16D;. The van der Waals surface area contributed by atoms with E-state index >= 15 is 0 Å². The third-order valence-corrected chi connectivity index (χ3v) is 14.3. The molecule has 11 aromatic rings. The number of para-hydroxylation sites is 2. The van der Waals surface area contributed by atoms with Crippen LogP contribution in [0.1, 0.15) is 80.4 Å². The van der Waals surface area contributed by atoms with Crippen LogP contribution >= 0.6 is 0 Å². The predicted molar refractivity (Wildman–Crippen MR) is 298 cm³/mol. The van der Waals surface area contributed by atoms with Gasteiger partial charge in [0.05, 0.1) is 1.37 Å². The average Bonchev–Trinajstić information content (AvgIpc) is 3.92. The van der Waals surface area contributed by atoms with E-state index in [9.17, 15) is 0 Å². The van der Waals surface area contributed by atoms with E-state index < -0.39 is 0 Å².